The van der Waals surface area contributed by atoms with Gasteiger partial charge in [-0.2, -0.15) is 0 Å². The molecule has 2 atom stereocenters. The van der Waals surface area contributed by atoms with Crippen molar-refractivity contribution >= 4 is 15.9 Å². The van der Waals surface area contributed by atoms with Crippen molar-refractivity contribution in [2.24, 2.45) is 11.8 Å². The number of imidazole rings is 1. The Balaban J connectivity index is 1.72. The first-order chi connectivity index (χ1) is 8.84. The highest BCUT2D eigenvalue weighted by Crippen LogP contribution is 2.53. The van der Waals surface area contributed by atoms with Gasteiger partial charge in [0.1, 0.15) is 0 Å². The quantitative estimate of drug-likeness (QED) is 0.924. The Morgan fingerprint density at radius 1 is 1.28 bits per heavy atom. The van der Waals surface area contributed by atoms with Crippen molar-refractivity contribution in [3.63, 3.8) is 0 Å². The maximum Gasteiger partial charge on any atom is 0.0953 e. The summed E-state index contributed by atoms with van der Waals surface area (Å²) in [6, 6.07) is 9.09. The SMILES string of the molecule is Brc1cccc(-c2cncn2C2C3CNCC32)c1. The third-order valence-electron chi connectivity index (χ3n) is 4.15. The highest BCUT2D eigenvalue weighted by atomic mass is 79.9. The van der Waals surface area contributed by atoms with Crippen LogP contribution >= 0.6 is 15.9 Å². The summed E-state index contributed by atoms with van der Waals surface area (Å²) in [5.74, 6) is 1.62. The number of benzene rings is 1. The summed E-state index contributed by atoms with van der Waals surface area (Å²) >= 11 is 3.53. The highest BCUT2D eigenvalue weighted by Gasteiger charge is 2.54. The molecule has 1 aromatic carbocycles. The van der Waals surface area contributed by atoms with Crippen molar-refractivity contribution in [3.8, 4) is 11.3 Å². The molecule has 1 aromatic heterocycles. The van der Waals surface area contributed by atoms with Crippen molar-refractivity contribution in [1.82, 2.24) is 14.9 Å². The van der Waals surface area contributed by atoms with Crippen LogP contribution in [0.3, 0.4) is 0 Å². The average Bonchev–Trinajstić information content (AvgIpc) is 2.82. The van der Waals surface area contributed by atoms with E-state index in [1.54, 1.807) is 0 Å². The summed E-state index contributed by atoms with van der Waals surface area (Å²) in [5.41, 5.74) is 2.47. The second kappa shape index (κ2) is 3.93. The standard InChI is InChI=1S/C14H14BrN3/c15-10-3-1-2-9(4-10)13-7-17-8-18(13)14-11-5-16-6-12(11)14/h1-4,7-8,11-12,14,16H,5-6H2. The maximum absolute atomic E-state index is 4.34. The number of hydrogen-bond donors (Lipinski definition) is 1. The van der Waals surface area contributed by atoms with E-state index in [0.29, 0.717) is 6.04 Å². The van der Waals surface area contributed by atoms with Gasteiger partial charge in [0.2, 0.25) is 0 Å². The Bertz CT molecular complexity index is 582. The summed E-state index contributed by atoms with van der Waals surface area (Å²) in [5, 5.41) is 3.44. The molecule has 2 aliphatic rings. The molecule has 0 bridgehead atoms. The number of aromatic nitrogens is 2. The normalized spacial score (nSPS) is 29.3. The molecule has 1 saturated carbocycles. The molecule has 3 nitrogen and oxygen atoms in total. The van der Waals surface area contributed by atoms with E-state index in [4.69, 9.17) is 0 Å². The van der Waals surface area contributed by atoms with Gasteiger partial charge in [-0.15, -0.1) is 0 Å². The molecule has 2 unspecified atom stereocenters. The van der Waals surface area contributed by atoms with Crippen LogP contribution in [0.1, 0.15) is 6.04 Å². The van der Waals surface area contributed by atoms with Gasteiger partial charge in [-0.25, -0.2) is 4.98 Å². The van der Waals surface area contributed by atoms with Gasteiger partial charge in [-0.3, -0.25) is 0 Å². The predicted octanol–water partition coefficient (Wildman–Crippen LogP) is 2.70. The largest absolute Gasteiger partial charge is 0.327 e. The van der Waals surface area contributed by atoms with Crippen LogP contribution in [0.5, 0.6) is 0 Å². The lowest BCUT2D eigenvalue weighted by Gasteiger charge is -2.11. The molecule has 0 spiro atoms. The van der Waals surface area contributed by atoms with Crippen LogP contribution in [-0.4, -0.2) is 22.6 Å². The third-order valence-corrected chi connectivity index (χ3v) is 4.65. The lowest BCUT2D eigenvalue weighted by molar-refractivity contribution is 0.573. The zero-order valence-corrected chi connectivity index (χ0v) is 11.5. The summed E-state index contributed by atoms with van der Waals surface area (Å²) < 4.78 is 3.48. The van der Waals surface area contributed by atoms with Gasteiger partial charge in [0.05, 0.1) is 18.2 Å². The van der Waals surface area contributed by atoms with Gasteiger partial charge < -0.3 is 9.88 Å². The molecule has 1 aliphatic heterocycles. The second-order valence-corrected chi connectivity index (χ2v) is 6.09. The number of nitrogens with zero attached hydrogens (tertiary/aromatic N) is 2. The van der Waals surface area contributed by atoms with Gasteiger partial charge in [0, 0.05) is 29.2 Å². The first-order valence-corrected chi connectivity index (χ1v) is 7.12. The Labute approximate surface area is 114 Å². The molecular formula is C14H14BrN3. The van der Waals surface area contributed by atoms with E-state index in [0.717, 1.165) is 29.4 Å². The first-order valence-electron chi connectivity index (χ1n) is 6.33. The van der Waals surface area contributed by atoms with Crippen LogP contribution in [0.25, 0.3) is 11.3 Å². The average molecular weight is 304 g/mol. The Hall–Kier alpha value is -1.13. The zero-order valence-electron chi connectivity index (χ0n) is 9.88. The fourth-order valence-corrected chi connectivity index (χ4v) is 3.61. The number of halogens is 1. The van der Waals surface area contributed by atoms with Crippen molar-refractivity contribution in [1.29, 1.82) is 0 Å². The van der Waals surface area contributed by atoms with Crippen LogP contribution in [0, 0.1) is 11.8 Å². The lowest BCUT2D eigenvalue weighted by atomic mass is 10.1. The minimum absolute atomic E-state index is 0.655. The van der Waals surface area contributed by atoms with Crippen LogP contribution in [0.4, 0.5) is 0 Å². The molecule has 4 rings (SSSR count). The molecule has 4 heteroatoms. The topological polar surface area (TPSA) is 29.9 Å². The highest BCUT2D eigenvalue weighted by molar-refractivity contribution is 9.10. The van der Waals surface area contributed by atoms with E-state index in [1.807, 2.05) is 12.5 Å². The first kappa shape index (κ1) is 10.8. The van der Waals surface area contributed by atoms with E-state index < -0.39 is 0 Å². The van der Waals surface area contributed by atoms with Gasteiger partial charge >= 0.3 is 0 Å². The summed E-state index contributed by atoms with van der Waals surface area (Å²) in [6.45, 7) is 2.32. The Morgan fingerprint density at radius 2 is 2.11 bits per heavy atom. The van der Waals surface area contributed by atoms with Crippen molar-refractivity contribution in [2.75, 3.05) is 13.1 Å². The fourth-order valence-electron chi connectivity index (χ4n) is 3.21. The van der Waals surface area contributed by atoms with Gasteiger partial charge in [-0.1, -0.05) is 28.1 Å². The summed E-state index contributed by atoms with van der Waals surface area (Å²) in [6.07, 6.45) is 3.96. The molecule has 18 heavy (non-hydrogen) atoms. The minimum atomic E-state index is 0.655. The van der Waals surface area contributed by atoms with Crippen molar-refractivity contribution in [3.05, 3.63) is 41.3 Å². The fraction of sp³-hybridized carbons (Fsp3) is 0.357. The van der Waals surface area contributed by atoms with Crippen LogP contribution in [0.2, 0.25) is 0 Å². The van der Waals surface area contributed by atoms with Crippen LogP contribution in [-0.2, 0) is 0 Å². The minimum Gasteiger partial charge on any atom is -0.327 e. The number of hydrogen-bond acceptors (Lipinski definition) is 2. The Kier molecular flexibility index (Phi) is 2.35. The molecule has 2 aromatic rings. The van der Waals surface area contributed by atoms with E-state index in [-0.39, 0.29) is 0 Å². The lowest BCUT2D eigenvalue weighted by Crippen LogP contribution is -2.16. The van der Waals surface area contributed by atoms with Crippen LogP contribution in [0.15, 0.2) is 41.3 Å². The number of rotatable bonds is 2. The van der Waals surface area contributed by atoms with Gasteiger partial charge in [-0.05, 0) is 24.0 Å². The van der Waals surface area contributed by atoms with E-state index in [2.05, 4.69) is 55.1 Å². The van der Waals surface area contributed by atoms with E-state index in [1.165, 1.54) is 11.3 Å². The predicted molar refractivity (Wildman–Crippen MR) is 74.2 cm³/mol. The molecule has 2 heterocycles. The van der Waals surface area contributed by atoms with Crippen molar-refractivity contribution < 1.29 is 0 Å². The second-order valence-electron chi connectivity index (χ2n) is 5.17. The van der Waals surface area contributed by atoms with Gasteiger partial charge in [0.25, 0.3) is 0 Å². The maximum atomic E-state index is 4.34. The molecule has 1 saturated heterocycles. The van der Waals surface area contributed by atoms with Crippen LogP contribution < -0.4 is 5.32 Å². The van der Waals surface area contributed by atoms with E-state index in [9.17, 15) is 0 Å². The third kappa shape index (κ3) is 1.56. The number of fused-ring (bicyclic) bond motifs is 1. The monoisotopic (exact) mass is 303 g/mol. The molecule has 2 fully saturated rings. The smallest absolute Gasteiger partial charge is 0.0953 e. The Morgan fingerprint density at radius 3 is 2.89 bits per heavy atom. The van der Waals surface area contributed by atoms with E-state index >= 15 is 0 Å². The molecule has 1 N–H and O–H groups in total. The molecule has 92 valence electrons. The summed E-state index contributed by atoms with van der Waals surface area (Å²) in [4.78, 5) is 4.34. The molecule has 0 radical (unpaired) electrons. The number of piperidine rings is 1. The van der Waals surface area contributed by atoms with Crippen molar-refractivity contribution in [2.45, 2.75) is 6.04 Å². The molecular weight excluding hydrogens is 290 g/mol. The summed E-state index contributed by atoms with van der Waals surface area (Å²) in [7, 11) is 0. The van der Waals surface area contributed by atoms with Gasteiger partial charge in [0.15, 0.2) is 0 Å². The number of nitrogens with one attached hydrogen (secondary N) is 1. The zero-order chi connectivity index (χ0) is 12.1. The molecule has 0 amide bonds. The molecule has 1 aliphatic carbocycles.